The van der Waals surface area contributed by atoms with Gasteiger partial charge in [0.05, 0.1) is 0 Å². The van der Waals surface area contributed by atoms with Crippen molar-refractivity contribution in [2.45, 2.75) is 0 Å². The molecule has 3 aromatic rings. The maximum Gasteiger partial charge on any atom is 0.266 e. The lowest BCUT2D eigenvalue weighted by molar-refractivity contribution is -0.112. The van der Waals surface area contributed by atoms with Crippen molar-refractivity contribution in [1.82, 2.24) is 4.57 Å². The molecule has 1 N–H and O–H groups in total. The van der Waals surface area contributed by atoms with Crippen LogP contribution < -0.4 is 5.32 Å². The summed E-state index contributed by atoms with van der Waals surface area (Å²) in [5.74, 6) is -0.439. The van der Waals surface area contributed by atoms with Gasteiger partial charge in [0, 0.05) is 27.7 Å². The molecule has 0 radical (unpaired) electrons. The van der Waals surface area contributed by atoms with Gasteiger partial charge in [-0.25, -0.2) is 0 Å². The Bertz CT molecular complexity index is 951. The molecule has 0 bridgehead atoms. The monoisotopic (exact) mass is 391 g/mol. The Labute approximate surface area is 154 Å². The molecular weight excluding hydrogens is 378 g/mol. The Morgan fingerprint density at radius 3 is 2.44 bits per heavy atom. The molecule has 25 heavy (non-hydrogen) atoms. The number of amides is 1. The molecule has 1 heterocycles. The van der Waals surface area contributed by atoms with Crippen molar-refractivity contribution in [1.29, 1.82) is 5.26 Å². The molecule has 1 amide bonds. The first-order chi connectivity index (χ1) is 12.2. The predicted octanol–water partition coefficient (Wildman–Crippen LogP) is 4.79. The molecule has 0 aliphatic carbocycles. The Morgan fingerprint density at radius 2 is 1.76 bits per heavy atom. The van der Waals surface area contributed by atoms with Gasteiger partial charge in [0.1, 0.15) is 11.6 Å². The number of hydrogen-bond acceptors (Lipinski definition) is 2. The van der Waals surface area contributed by atoms with E-state index in [0.717, 1.165) is 15.9 Å². The van der Waals surface area contributed by atoms with Gasteiger partial charge in [-0.1, -0.05) is 34.1 Å². The molecule has 0 saturated carbocycles. The minimum Gasteiger partial charge on any atom is -0.321 e. The van der Waals surface area contributed by atoms with Crippen molar-refractivity contribution < 1.29 is 4.79 Å². The van der Waals surface area contributed by atoms with Gasteiger partial charge in [-0.15, -0.1) is 0 Å². The second-order valence-electron chi connectivity index (χ2n) is 5.27. The summed E-state index contributed by atoms with van der Waals surface area (Å²) < 4.78 is 2.84. The van der Waals surface area contributed by atoms with E-state index in [4.69, 9.17) is 0 Å². The van der Waals surface area contributed by atoms with Crippen LogP contribution in [-0.2, 0) is 4.79 Å². The maximum absolute atomic E-state index is 12.4. The molecule has 0 unspecified atom stereocenters. The molecule has 0 spiro atoms. The van der Waals surface area contributed by atoms with Crippen molar-refractivity contribution in [3.63, 3.8) is 0 Å². The van der Waals surface area contributed by atoms with Crippen molar-refractivity contribution in [3.05, 3.63) is 88.7 Å². The molecule has 0 fully saturated rings. The van der Waals surface area contributed by atoms with E-state index >= 15 is 0 Å². The zero-order valence-electron chi connectivity index (χ0n) is 13.2. The van der Waals surface area contributed by atoms with Crippen molar-refractivity contribution in [2.24, 2.45) is 0 Å². The first-order valence-electron chi connectivity index (χ1n) is 7.59. The zero-order chi connectivity index (χ0) is 17.6. The number of aromatic nitrogens is 1. The van der Waals surface area contributed by atoms with Crippen LogP contribution in [0.2, 0.25) is 0 Å². The minimum absolute atomic E-state index is 0.0406. The number of benzene rings is 2. The summed E-state index contributed by atoms with van der Waals surface area (Å²) in [6.45, 7) is 0. The van der Waals surface area contributed by atoms with Crippen LogP contribution >= 0.6 is 15.9 Å². The molecule has 0 saturated heterocycles. The average Bonchev–Trinajstić information content (AvgIpc) is 3.10. The molecular formula is C20H14BrN3O. The predicted molar refractivity (Wildman–Crippen MR) is 102 cm³/mol. The zero-order valence-corrected chi connectivity index (χ0v) is 14.8. The molecule has 2 aromatic carbocycles. The van der Waals surface area contributed by atoms with Gasteiger partial charge in [0.25, 0.3) is 5.91 Å². The first-order valence-corrected chi connectivity index (χ1v) is 8.38. The van der Waals surface area contributed by atoms with Crippen LogP contribution in [0.15, 0.2) is 83.0 Å². The summed E-state index contributed by atoms with van der Waals surface area (Å²) in [5, 5.41) is 12.1. The number of para-hydroxylation sites is 1. The quantitative estimate of drug-likeness (QED) is 0.513. The smallest absolute Gasteiger partial charge is 0.266 e. The largest absolute Gasteiger partial charge is 0.321 e. The van der Waals surface area contributed by atoms with Gasteiger partial charge >= 0.3 is 0 Å². The SMILES string of the molecule is N#C/C(=C/c1cccn1-c1ccccc1)C(=O)Nc1ccc(Br)cc1. The molecule has 5 heteroatoms. The number of carbonyl (C=O) groups is 1. The standard InChI is InChI=1S/C20H14BrN3O/c21-16-8-10-17(11-9-16)23-20(25)15(14-22)13-19-7-4-12-24(19)18-5-2-1-3-6-18/h1-13H,(H,23,25)/b15-13-. The fourth-order valence-corrected chi connectivity index (χ4v) is 2.63. The van der Waals surface area contributed by atoms with Gasteiger partial charge in [0.2, 0.25) is 0 Å². The fraction of sp³-hybridized carbons (Fsp3) is 0. The van der Waals surface area contributed by atoms with Crippen LogP contribution in [0.25, 0.3) is 11.8 Å². The number of nitrogens with zero attached hydrogens (tertiary/aromatic N) is 2. The highest BCUT2D eigenvalue weighted by Gasteiger charge is 2.11. The lowest BCUT2D eigenvalue weighted by atomic mass is 10.2. The van der Waals surface area contributed by atoms with Crippen LogP contribution in [0, 0.1) is 11.3 Å². The molecule has 122 valence electrons. The van der Waals surface area contributed by atoms with Gasteiger partial charge in [-0.3, -0.25) is 4.79 Å². The lowest BCUT2D eigenvalue weighted by Gasteiger charge is -2.07. The highest BCUT2D eigenvalue weighted by Crippen LogP contribution is 2.17. The minimum atomic E-state index is -0.439. The molecule has 1 aromatic heterocycles. The average molecular weight is 392 g/mol. The maximum atomic E-state index is 12.4. The number of hydrogen-bond donors (Lipinski definition) is 1. The first kappa shape index (κ1) is 16.7. The van der Waals surface area contributed by atoms with Gasteiger partial charge in [0.15, 0.2) is 0 Å². The number of nitriles is 1. The molecule has 3 rings (SSSR count). The number of nitrogens with one attached hydrogen (secondary N) is 1. The number of carbonyl (C=O) groups excluding carboxylic acids is 1. The second-order valence-corrected chi connectivity index (χ2v) is 6.19. The van der Waals surface area contributed by atoms with E-state index in [1.807, 2.05) is 71.4 Å². The summed E-state index contributed by atoms with van der Waals surface area (Å²) in [7, 11) is 0. The number of anilines is 1. The Morgan fingerprint density at radius 1 is 1.04 bits per heavy atom. The van der Waals surface area contributed by atoms with E-state index in [9.17, 15) is 10.1 Å². The second kappa shape index (κ2) is 7.65. The highest BCUT2D eigenvalue weighted by atomic mass is 79.9. The van der Waals surface area contributed by atoms with Crippen molar-refractivity contribution >= 4 is 33.6 Å². The number of rotatable bonds is 4. The van der Waals surface area contributed by atoms with E-state index in [1.165, 1.54) is 0 Å². The highest BCUT2D eigenvalue weighted by molar-refractivity contribution is 9.10. The van der Waals surface area contributed by atoms with Gasteiger partial charge in [-0.2, -0.15) is 5.26 Å². The Balaban J connectivity index is 1.86. The summed E-state index contributed by atoms with van der Waals surface area (Å²) in [4.78, 5) is 12.4. The van der Waals surface area contributed by atoms with E-state index in [0.29, 0.717) is 5.69 Å². The van der Waals surface area contributed by atoms with Gasteiger partial charge in [-0.05, 0) is 54.6 Å². The topological polar surface area (TPSA) is 57.8 Å². The van der Waals surface area contributed by atoms with Crippen molar-refractivity contribution in [3.8, 4) is 11.8 Å². The van der Waals surface area contributed by atoms with Gasteiger partial charge < -0.3 is 9.88 Å². The van der Waals surface area contributed by atoms with E-state index in [1.54, 1.807) is 18.2 Å². The summed E-state index contributed by atoms with van der Waals surface area (Å²) in [6, 6.07) is 22.6. The van der Waals surface area contributed by atoms with E-state index < -0.39 is 5.91 Å². The van der Waals surface area contributed by atoms with Crippen LogP contribution in [0.5, 0.6) is 0 Å². The molecule has 4 nitrogen and oxygen atoms in total. The van der Waals surface area contributed by atoms with E-state index in [2.05, 4.69) is 21.2 Å². The van der Waals surface area contributed by atoms with Crippen LogP contribution in [0.4, 0.5) is 5.69 Å². The summed E-state index contributed by atoms with van der Waals surface area (Å²) in [5.41, 5.74) is 2.39. The third kappa shape index (κ3) is 4.06. The number of halogens is 1. The molecule has 0 atom stereocenters. The van der Waals surface area contributed by atoms with Crippen molar-refractivity contribution in [2.75, 3.05) is 5.32 Å². The molecule has 0 aliphatic rings. The normalized spacial score (nSPS) is 11.0. The van der Waals surface area contributed by atoms with Crippen LogP contribution in [-0.4, -0.2) is 10.5 Å². The lowest BCUT2D eigenvalue weighted by Crippen LogP contribution is -2.13. The van der Waals surface area contributed by atoms with Crippen LogP contribution in [0.1, 0.15) is 5.69 Å². The van der Waals surface area contributed by atoms with E-state index in [-0.39, 0.29) is 5.57 Å². The Kier molecular flexibility index (Phi) is 5.12. The van der Waals surface area contributed by atoms with Crippen LogP contribution in [0.3, 0.4) is 0 Å². The summed E-state index contributed by atoms with van der Waals surface area (Å²) in [6.07, 6.45) is 3.48. The fourth-order valence-electron chi connectivity index (χ4n) is 2.36. The molecule has 0 aliphatic heterocycles. The third-order valence-corrected chi connectivity index (χ3v) is 4.10. The Hall–Kier alpha value is -3.10. The third-order valence-electron chi connectivity index (χ3n) is 3.57. The summed E-state index contributed by atoms with van der Waals surface area (Å²) >= 11 is 3.35.